The number of nitrogens with zero attached hydrogens (tertiary/aromatic N) is 1. The Balaban J connectivity index is 2.15. The zero-order chi connectivity index (χ0) is 11.4. The van der Waals surface area contributed by atoms with E-state index in [1.54, 1.807) is 42.6 Å². The molecular formula is C13H10FNO. The molecular weight excluding hydrogens is 205 g/mol. The van der Waals surface area contributed by atoms with Crippen molar-refractivity contribution in [3.63, 3.8) is 0 Å². The highest BCUT2D eigenvalue weighted by molar-refractivity contribution is 5.81. The zero-order valence-electron chi connectivity index (χ0n) is 8.47. The lowest BCUT2D eigenvalue weighted by Gasteiger charge is -1.95. The van der Waals surface area contributed by atoms with Crippen molar-refractivity contribution in [1.82, 2.24) is 0 Å². The molecule has 0 bridgehead atoms. The summed E-state index contributed by atoms with van der Waals surface area (Å²) in [5.74, 6) is -0.0532. The highest BCUT2D eigenvalue weighted by Crippen LogP contribution is 2.16. The molecule has 0 spiro atoms. The van der Waals surface area contributed by atoms with Gasteiger partial charge in [0.15, 0.2) is 0 Å². The summed E-state index contributed by atoms with van der Waals surface area (Å²) in [4.78, 5) is 4.19. The molecule has 16 heavy (non-hydrogen) atoms. The highest BCUT2D eigenvalue weighted by Gasteiger charge is 1.91. The van der Waals surface area contributed by atoms with Crippen LogP contribution in [0.25, 0.3) is 0 Å². The topological polar surface area (TPSA) is 32.6 Å². The van der Waals surface area contributed by atoms with Crippen molar-refractivity contribution in [2.75, 3.05) is 0 Å². The van der Waals surface area contributed by atoms with Gasteiger partial charge in [0.05, 0.1) is 5.69 Å². The normalized spacial score (nSPS) is 10.8. The number of halogens is 1. The standard InChI is InChI=1S/C13H10FNO/c14-11-3-1-10(2-4-11)9-15-12-5-7-13(16)8-6-12/h1-9,16H. The average Bonchev–Trinajstić information content (AvgIpc) is 2.30. The van der Waals surface area contributed by atoms with E-state index in [1.807, 2.05) is 0 Å². The molecule has 0 aliphatic carbocycles. The molecule has 0 unspecified atom stereocenters. The van der Waals surface area contributed by atoms with Gasteiger partial charge < -0.3 is 5.11 Å². The van der Waals surface area contributed by atoms with Gasteiger partial charge in [-0.15, -0.1) is 0 Å². The second-order valence-electron chi connectivity index (χ2n) is 3.33. The fourth-order valence-electron chi connectivity index (χ4n) is 1.24. The predicted octanol–water partition coefficient (Wildman–Crippen LogP) is 3.28. The van der Waals surface area contributed by atoms with Crippen molar-refractivity contribution in [2.24, 2.45) is 4.99 Å². The molecule has 0 amide bonds. The minimum atomic E-state index is -0.262. The maximum atomic E-state index is 12.6. The van der Waals surface area contributed by atoms with Crippen LogP contribution < -0.4 is 0 Å². The summed E-state index contributed by atoms with van der Waals surface area (Å²) in [5, 5.41) is 9.08. The van der Waals surface area contributed by atoms with Gasteiger partial charge in [-0.3, -0.25) is 4.99 Å². The van der Waals surface area contributed by atoms with Crippen molar-refractivity contribution in [3.8, 4) is 5.75 Å². The van der Waals surface area contributed by atoms with Crippen molar-refractivity contribution < 1.29 is 9.50 Å². The van der Waals surface area contributed by atoms with E-state index < -0.39 is 0 Å². The van der Waals surface area contributed by atoms with E-state index >= 15 is 0 Å². The van der Waals surface area contributed by atoms with Gasteiger partial charge in [0.1, 0.15) is 11.6 Å². The van der Waals surface area contributed by atoms with E-state index in [2.05, 4.69) is 4.99 Å². The van der Waals surface area contributed by atoms with E-state index in [-0.39, 0.29) is 11.6 Å². The molecule has 3 heteroatoms. The van der Waals surface area contributed by atoms with Gasteiger partial charge in [0.25, 0.3) is 0 Å². The van der Waals surface area contributed by atoms with E-state index in [0.717, 1.165) is 11.3 Å². The first-order valence-corrected chi connectivity index (χ1v) is 4.83. The molecule has 0 saturated carbocycles. The van der Waals surface area contributed by atoms with Crippen molar-refractivity contribution >= 4 is 11.9 Å². The Kier molecular flexibility index (Phi) is 2.96. The molecule has 0 heterocycles. The minimum absolute atomic E-state index is 0.209. The average molecular weight is 215 g/mol. The van der Waals surface area contributed by atoms with E-state index in [0.29, 0.717) is 0 Å². The summed E-state index contributed by atoms with van der Waals surface area (Å²) in [6, 6.07) is 12.6. The lowest BCUT2D eigenvalue weighted by atomic mass is 10.2. The van der Waals surface area contributed by atoms with Gasteiger partial charge in [-0.05, 0) is 42.0 Å². The summed E-state index contributed by atoms with van der Waals surface area (Å²) in [7, 11) is 0. The van der Waals surface area contributed by atoms with Gasteiger partial charge in [-0.2, -0.15) is 0 Å². The van der Waals surface area contributed by atoms with Crippen LogP contribution in [0.4, 0.5) is 10.1 Å². The Morgan fingerprint density at radius 2 is 1.56 bits per heavy atom. The molecule has 2 aromatic carbocycles. The molecule has 80 valence electrons. The second-order valence-corrected chi connectivity index (χ2v) is 3.33. The van der Waals surface area contributed by atoms with Gasteiger partial charge in [0.2, 0.25) is 0 Å². The molecule has 0 fully saturated rings. The summed E-state index contributed by atoms with van der Waals surface area (Å²) in [5.41, 5.74) is 1.57. The van der Waals surface area contributed by atoms with Gasteiger partial charge in [0, 0.05) is 6.21 Å². The predicted molar refractivity (Wildman–Crippen MR) is 61.8 cm³/mol. The Bertz CT molecular complexity index is 441. The first-order chi connectivity index (χ1) is 7.74. The van der Waals surface area contributed by atoms with Crippen LogP contribution in [0.5, 0.6) is 5.75 Å². The van der Waals surface area contributed by atoms with Crippen LogP contribution in [0.1, 0.15) is 5.56 Å². The third-order valence-corrected chi connectivity index (χ3v) is 2.08. The molecule has 1 N–H and O–H groups in total. The zero-order valence-corrected chi connectivity index (χ0v) is 8.47. The third-order valence-electron chi connectivity index (χ3n) is 2.08. The molecule has 2 aromatic rings. The Labute approximate surface area is 92.7 Å². The van der Waals surface area contributed by atoms with Crippen LogP contribution in [0.15, 0.2) is 53.5 Å². The largest absolute Gasteiger partial charge is 0.508 e. The number of hydrogen-bond acceptors (Lipinski definition) is 2. The molecule has 0 aromatic heterocycles. The molecule has 0 radical (unpaired) electrons. The second kappa shape index (κ2) is 4.57. The number of phenols is 1. The fourth-order valence-corrected chi connectivity index (χ4v) is 1.24. The van der Waals surface area contributed by atoms with E-state index in [4.69, 9.17) is 5.11 Å². The Hall–Kier alpha value is -2.16. The quantitative estimate of drug-likeness (QED) is 0.766. The number of aromatic hydroxyl groups is 1. The van der Waals surface area contributed by atoms with Crippen molar-refractivity contribution in [2.45, 2.75) is 0 Å². The highest BCUT2D eigenvalue weighted by atomic mass is 19.1. The fraction of sp³-hybridized carbons (Fsp3) is 0. The first kappa shape index (κ1) is 10.4. The molecule has 2 nitrogen and oxygen atoms in total. The van der Waals surface area contributed by atoms with Crippen LogP contribution in [-0.4, -0.2) is 11.3 Å². The molecule has 0 atom stereocenters. The van der Waals surface area contributed by atoms with Crippen molar-refractivity contribution in [3.05, 3.63) is 59.9 Å². The van der Waals surface area contributed by atoms with Gasteiger partial charge >= 0.3 is 0 Å². The monoisotopic (exact) mass is 215 g/mol. The number of benzene rings is 2. The number of aliphatic imine (C=N–C) groups is 1. The molecule has 0 aliphatic rings. The summed E-state index contributed by atoms with van der Waals surface area (Å²) in [6.07, 6.45) is 1.64. The Morgan fingerprint density at radius 3 is 2.19 bits per heavy atom. The molecule has 0 saturated heterocycles. The SMILES string of the molecule is Oc1ccc(N=Cc2ccc(F)cc2)cc1. The van der Waals surface area contributed by atoms with Crippen LogP contribution in [0.2, 0.25) is 0 Å². The van der Waals surface area contributed by atoms with Crippen molar-refractivity contribution in [1.29, 1.82) is 0 Å². The summed E-state index contributed by atoms with van der Waals surface area (Å²) < 4.78 is 12.6. The lowest BCUT2D eigenvalue weighted by molar-refractivity contribution is 0.475. The molecule has 2 rings (SSSR count). The first-order valence-electron chi connectivity index (χ1n) is 4.83. The molecule has 0 aliphatic heterocycles. The number of rotatable bonds is 2. The minimum Gasteiger partial charge on any atom is -0.508 e. The Morgan fingerprint density at radius 1 is 0.938 bits per heavy atom. The maximum absolute atomic E-state index is 12.6. The summed E-state index contributed by atoms with van der Waals surface area (Å²) in [6.45, 7) is 0. The lowest BCUT2D eigenvalue weighted by Crippen LogP contribution is -1.80. The van der Waals surface area contributed by atoms with Crippen LogP contribution in [0, 0.1) is 5.82 Å². The number of phenolic OH excluding ortho intramolecular Hbond substituents is 1. The van der Waals surface area contributed by atoms with Gasteiger partial charge in [-0.1, -0.05) is 12.1 Å². The van der Waals surface area contributed by atoms with Gasteiger partial charge in [-0.25, -0.2) is 4.39 Å². The number of hydrogen-bond donors (Lipinski definition) is 1. The van der Waals surface area contributed by atoms with Crippen LogP contribution in [0.3, 0.4) is 0 Å². The van der Waals surface area contributed by atoms with E-state index in [9.17, 15) is 4.39 Å². The third kappa shape index (κ3) is 2.67. The van der Waals surface area contributed by atoms with Crippen LogP contribution >= 0.6 is 0 Å². The van der Waals surface area contributed by atoms with Crippen LogP contribution in [-0.2, 0) is 0 Å². The smallest absolute Gasteiger partial charge is 0.123 e. The maximum Gasteiger partial charge on any atom is 0.123 e. The summed E-state index contributed by atoms with van der Waals surface area (Å²) >= 11 is 0. The van der Waals surface area contributed by atoms with E-state index in [1.165, 1.54) is 12.1 Å².